The Morgan fingerprint density at radius 2 is 1.66 bits per heavy atom. The number of amides is 1. The summed E-state index contributed by atoms with van der Waals surface area (Å²) < 4.78 is 40.5. The molecule has 1 aromatic heterocycles. The lowest BCUT2D eigenvalue weighted by molar-refractivity contribution is -0.139. The molecular weight excluding hydrogens is 630 g/mol. The molecule has 1 fully saturated rings. The van der Waals surface area contributed by atoms with Crippen LogP contribution in [0.3, 0.4) is 0 Å². The van der Waals surface area contributed by atoms with Gasteiger partial charge < -0.3 is 38.1 Å². The summed E-state index contributed by atoms with van der Waals surface area (Å²) in [6, 6.07) is 7.69. The van der Waals surface area contributed by atoms with E-state index in [1.807, 2.05) is 0 Å². The second-order valence-electron chi connectivity index (χ2n) is 10.5. The van der Waals surface area contributed by atoms with Crippen LogP contribution >= 0.6 is 11.3 Å². The van der Waals surface area contributed by atoms with Gasteiger partial charge in [0.15, 0.2) is 34.4 Å². The monoisotopic (exact) mass is 667 g/mol. The highest BCUT2D eigenvalue weighted by molar-refractivity contribution is 7.07. The molecular formula is C33H37N3O10S. The van der Waals surface area contributed by atoms with Crippen molar-refractivity contribution in [2.45, 2.75) is 19.9 Å². The molecule has 0 saturated carbocycles. The number of benzene rings is 2. The van der Waals surface area contributed by atoms with Gasteiger partial charge in [0.05, 0.1) is 70.1 Å². The van der Waals surface area contributed by atoms with E-state index in [4.69, 9.17) is 33.2 Å². The molecule has 47 heavy (non-hydrogen) atoms. The molecule has 0 bridgehead atoms. The molecule has 1 atom stereocenters. The maximum atomic E-state index is 14.1. The molecule has 13 nitrogen and oxygen atoms in total. The third-order valence-corrected chi connectivity index (χ3v) is 8.70. The molecule has 3 heterocycles. The fraction of sp³-hybridized carbons (Fsp3) is 0.394. The lowest BCUT2D eigenvalue weighted by Gasteiger charge is -2.26. The molecule has 1 saturated heterocycles. The summed E-state index contributed by atoms with van der Waals surface area (Å²) >= 11 is 1.18. The number of methoxy groups -OCH3 is 4. The largest absolute Gasteiger partial charge is 0.493 e. The molecule has 0 N–H and O–H groups in total. The molecule has 250 valence electrons. The smallest absolute Gasteiger partial charge is 0.338 e. The topological polar surface area (TPSA) is 136 Å². The fourth-order valence-corrected chi connectivity index (χ4v) is 6.50. The van der Waals surface area contributed by atoms with E-state index in [0.717, 1.165) is 0 Å². The Labute approximate surface area is 275 Å². The van der Waals surface area contributed by atoms with Gasteiger partial charge in [-0.3, -0.25) is 14.2 Å². The highest BCUT2D eigenvalue weighted by Gasteiger charge is 2.34. The van der Waals surface area contributed by atoms with Crippen molar-refractivity contribution < 1.29 is 42.7 Å². The van der Waals surface area contributed by atoms with E-state index < -0.39 is 12.0 Å². The first-order valence-electron chi connectivity index (χ1n) is 14.9. The van der Waals surface area contributed by atoms with Crippen molar-refractivity contribution in [1.82, 2.24) is 9.47 Å². The summed E-state index contributed by atoms with van der Waals surface area (Å²) in [6.45, 7) is 5.48. The maximum absolute atomic E-state index is 14.1. The van der Waals surface area contributed by atoms with Gasteiger partial charge in [0.25, 0.3) is 11.5 Å². The van der Waals surface area contributed by atoms with Crippen molar-refractivity contribution in [2.75, 3.05) is 68.0 Å². The Bertz CT molecular complexity index is 1850. The first kappa shape index (κ1) is 33.5. The predicted molar refractivity (Wildman–Crippen MR) is 172 cm³/mol. The summed E-state index contributed by atoms with van der Waals surface area (Å²) in [7, 11) is 5.98. The van der Waals surface area contributed by atoms with E-state index in [1.54, 1.807) is 55.2 Å². The number of esters is 1. The zero-order valence-corrected chi connectivity index (χ0v) is 27.9. The van der Waals surface area contributed by atoms with Gasteiger partial charge in [-0.1, -0.05) is 17.4 Å². The average Bonchev–Trinajstić information content (AvgIpc) is 3.39. The van der Waals surface area contributed by atoms with Gasteiger partial charge in [0.2, 0.25) is 5.75 Å². The SMILES string of the molecule is CCOC(=O)C1=C(C)N=c2s/c(=C/c3ccc(OCC(=O)N4CCOCC4)c(OC)c3)c(=O)n2[C@H]1c1cc(OC)c(OC)c(OC)c1. The summed E-state index contributed by atoms with van der Waals surface area (Å²) in [6.07, 6.45) is 1.71. The Morgan fingerprint density at radius 3 is 2.28 bits per heavy atom. The van der Waals surface area contributed by atoms with Crippen molar-refractivity contribution in [3.05, 3.63) is 72.4 Å². The van der Waals surface area contributed by atoms with Crippen LogP contribution in [-0.2, 0) is 19.1 Å². The molecule has 3 aromatic rings. The van der Waals surface area contributed by atoms with Gasteiger partial charge in [0, 0.05) is 13.1 Å². The number of carbonyl (C=O) groups excluding carboxylic acids is 2. The van der Waals surface area contributed by atoms with Gasteiger partial charge in [-0.05, 0) is 55.3 Å². The summed E-state index contributed by atoms with van der Waals surface area (Å²) in [5.74, 6) is 1.16. The number of rotatable bonds is 11. The number of carbonyl (C=O) groups is 2. The van der Waals surface area contributed by atoms with E-state index in [9.17, 15) is 14.4 Å². The molecule has 0 radical (unpaired) electrons. The average molecular weight is 668 g/mol. The van der Waals surface area contributed by atoms with Crippen LogP contribution in [0.4, 0.5) is 0 Å². The predicted octanol–water partition coefficient (Wildman–Crippen LogP) is 2.07. The first-order valence-corrected chi connectivity index (χ1v) is 15.7. The number of fused-ring (bicyclic) bond motifs is 1. The lowest BCUT2D eigenvalue weighted by Crippen LogP contribution is -2.43. The van der Waals surface area contributed by atoms with Gasteiger partial charge >= 0.3 is 5.97 Å². The van der Waals surface area contributed by atoms with Crippen LogP contribution in [0.15, 0.2) is 51.4 Å². The van der Waals surface area contributed by atoms with Gasteiger partial charge in [0.1, 0.15) is 0 Å². The van der Waals surface area contributed by atoms with Crippen LogP contribution in [0.5, 0.6) is 28.7 Å². The second-order valence-corrected chi connectivity index (χ2v) is 11.5. The van der Waals surface area contributed by atoms with E-state index >= 15 is 0 Å². The molecule has 2 aromatic carbocycles. The highest BCUT2D eigenvalue weighted by Crippen LogP contribution is 2.42. The lowest BCUT2D eigenvalue weighted by atomic mass is 9.95. The number of ether oxygens (including phenoxy) is 7. The van der Waals surface area contributed by atoms with Gasteiger partial charge in [-0.15, -0.1) is 0 Å². The molecule has 14 heteroatoms. The van der Waals surface area contributed by atoms with E-state index in [0.29, 0.717) is 81.2 Å². The Morgan fingerprint density at radius 1 is 0.979 bits per heavy atom. The van der Waals surface area contributed by atoms with Crippen molar-refractivity contribution in [2.24, 2.45) is 4.99 Å². The minimum absolute atomic E-state index is 0.139. The van der Waals surface area contributed by atoms with E-state index in [2.05, 4.69) is 4.99 Å². The molecule has 0 unspecified atom stereocenters. The zero-order chi connectivity index (χ0) is 33.7. The van der Waals surface area contributed by atoms with Crippen molar-refractivity contribution in [1.29, 1.82) is 0 Å². The quantitative estimate of drug-likeness (QED) is 0.280. The number of hydrogen-bond acceptors (Lipinski definition) is 12. The Balaban J connectivity index is 1.55. The van der Waals surface area contributed by atoms with Crippen LogP contribution in [0, 0.1) is 0 Å². The van der Waals surface area contributed by atoms with Crippen LogP contribution in [-0.4, -0.2) is 89.3 Å². The van der Waals surface area contributed by atoms with Crippen LogP contribution < -0.4 is 38.6 Å². The standard InChI is InChI=1S/C33H37N3O10S/c1-7-45-32(39)28-19(2)34-33-36(29(28)21-16-24(41-4)30(43-6)25(17-21)42-5)31(38)26(47-33)15-20-8-9-22(23(14-20)40-3)46-18-27(37)35-10-12-44-13-11-35/h8-9,14-17,29H,7,10-13,18H2,1-6H3/b26-15+/t29-/m0/s1. The number of thiazole rings is 1. The Hall–Kier alpha value is -4.82. The van der Waals surface area contributed by atoms with E-state index in [-0.39, 0.29) is 30.3 Å². The molecule has 0 spiro atoms. The summed E-state index contributed by atoms with van der Waals surface area (Å²) in [5.41, 5.74) is 1.47. The first-order chi connectivity index (χ1) is 22.7. The number of morpholine rings is 1. The van der Waals surface area contributed by atoms with E-state index in [1.165, 1.54) is 44.3 Å². The van der Waals surface area contributed by atoms with Gasteiger partial charge in [-0.25, -0.2) is 9.79 Å². The van der Waals surface area contributed by atoms with Crippen LogP contribution in [0.1, 0.15) is 31.0 Å². The van der Waals surface area contributed by atoms with Crippen LogP contribution in [0.2, 0.25) is 0 Å². The normalized spacial score (nSPS) is 16.3. The zero-order valence-electron chi connectivity index (χ0n) is 27.1. The molecule has 1 amide bonds. The maximum Gasteiger partial charge on any atom is 0.338 e. The number of hydrogen-bond donors (Lipinski definition) is 0. The highest BCUT2D eigenvalue weighted by atomic mass is 32.1. The number of allylic oxidation sites excluding steroid dienone is 1. The van der Waals surface area contributed by atoms with Crippen molar-refractivity contribution >= 4 is 29.3 Å². The fourth-order valence-electron chi connectivity index (χ4n) is 5.45. The molecule has 5 rings (SSSR count). The minimum Gasteiger partial charge on any atom is -0.493 e. The third-order valence-electron chi connectivity index (χ3n) is 7.72. The summed E-state index contributed by atoms with van der Waals surface area (Å²) in [5, 5.41) is 0. The van der Waals surface area contributed by atoms with Gasteiger partial charge in [-0.2, -0.15) is 0 Å². The molecule has 2 aliphatic rings. The number of nitrogens with zero attached hydrogens (tertiary/aromatic N) is 3. The molecule has 2 aliphatic heterocycles. The van der Waals surface area contributed by atoms with Crippen LogP contribution in [0.25, 0.3) is 6.08 Å². The van der Waals surface area contributed by atoms with Crippen molar-refractivity contribution in [3.63, 3.8) is 0 Å². The minimum atomic E-state index is -0.893. The molecule has 0 aliphatic carbocycles. The van der Waals surface area contributed by atoms with Crippen molar-refractivity contribution in [3.8, 4) is 28.7 Å². The second kappa shape index (κ2) is 14.7. The third kappa shape index (κ3) is 6.83. The number of aromatic nitrogens is 1. The summed E-state index contributed by atoms with van der Waals surface area (Å²) in [4.78, 5) is 46.8. The Kier molecular flexibility index (Phi) is 10.5.